The number of benzene rings is 2. The van der Waals surface area contributed by atoms with E-state index in [-0.39, 0.29) is 40.5 Å². The molecule has 0 saturated carbocycles. The van der Waals surface area contributed by atoms with Crippen molar-refractivity contribution in [2.75, 3.05) is 13.6 Å². The lowest BCUT2D eigenvalue weighted by atomic mass is 9.93. The standard InChI is InChI=1S/C23H17F5N4O2/c1-32(23(34)16-6-11-15(30-16)3-2-12(24)19(11)21(27)28)18-8-29-7-17-20(18)9-4-13(25)14(26)5-10(9)22(33)31-17/h2-6,18,21,29-30H,7-8H2,1H3,(H,31,33). The zero-order valence-electron chi connectivity index (χ0n) is 17.6. The summed E-state index contributed by atoms with van der Waals surface area (Å²) in [5.74, 6) is -3.99. The lowest BCUT2D eigenvalue weighted by molar-refractivity contribution is 0.0718. The second kappa shape index (κ2) is 7.94. The minimum atomic E-state index is -3.08. The molecule has 1 aliphatic heterocycles. The van der Waals surface area contributed by atoms with Crippen LogP contribution in [0, 0.1) is 17.5 Å². The average Bonchev–Trinajstić information content (AvgIpc) is 3.22. The maximum absolute atomic E-state index is 14.1. The van der Waals surface area contributed by atoms with Crippen molar-refractivity contribution >= 4 is 27.6 Å². The van der Waals surface area contributed by atoms with Crippen LogP contribution in [0.2, 0.25) is 0 Å². The number of hydrogen-bond donors (Lipinski definition) is 3. The minimum Gasteiger partial charge on any atom is -0.351 e. The van der Waals surface area contributed by atoms with Gasteiger partial charge in [-0.3, -0.25) is 9.59 Å². The molecule has 176 valence electrons. The third kappa shape index (κ3) is 3.35. The van der Waals surface area contributed by atoms with Crippen LogP contribution in [0.25, 0.3) is 21.7 Å². The van der Waals surface area contributed by atoms with Crippen LogP contribution >= 0.6 is 0 Å². The van der Waals surface area contributed by atoms with E-state index in [9.17, 15) is 31.5 Å². The van der Waals surface area contributed by atoms with Gasteiger partial charge in [-0.2, -0.15) is 0 Å². The van der Waals surface area contributed by atoms with E-state index < -0.39 is 46.9 Å². The largest absolute Gasteiger partial charge is 0.351 e. The van der Waals surface area contributed by atoms with E-state index >= 15 is 0 Å². The number of H-pyrrole nitrogens is 2. The number of rotatable bonds is 3. The summed E-state index contributed by atoms with van der Waals surface area (Å²) in [5, 5.41) is 3.06. The number of likely N-dealkylation sites (N-methyl/N-ethyl adjacent to an activating group) is 1. The number of aromatic amines is 2. The van der Waals surface area contributed by atoms with Crippen LogP contribution in [0.3, 0.4) is 0 Å². The fourth-order valence-corrected chi connectivity index (χ4v) is 4.55. The van der Waals surface area contributed by atoms with Crippen LogP contribution < -0.4 is 10.9 Å². The van der Waals surface area contributed by atoms with Gasteiger partial charge in [0.2, 0.25) is 0 Å². The predicted molar refractivity (Wildman–Crippen MR) is 114 cm³/mol. The molecule has 0 aliphatic carbocycles. The second-order valence-electron chi connectivity index (χ2n) is 8.13. The first-order valence-electron chi connectivity index (χ1n) is 10.3. The molecule has 1 amide bonds. The Labute approximate surface area is 188 Å². The fraction of sp³-hybridized carbons (Fsp3) is 0.217. The van der Waals surface area contributed by atoms with Gasteiger partial charge in [0.15, 0.2) is 11.6 Å². The Hall–Kier alpha value is -3.73. The summed E-state index contributed by atoms with van der Waals surface area (Å²) in [6, 6.07) is 4.35. The van der Waals surface area contributed by atoms with E-state index in [2.05, 4.69) is 15.3 Å². The number of alkyl halides is 2. The molecule has 11 heteroatoms. The van der Waals surface area contributed by atoms with Gasteiger partial charge in [0.05, 0.1) is 17.0 Å². The predicted octanol–water partition coefficient (Wildman–Crippen LogP) is 4.28. The number of aromatic nitrogens is 2. The maximum atomic E-state index is 14.1. The number of hydrogen-bond acceptors (Lipinski definition) is 3. The Morgan fingerprint density at radius 2 is 1.71 bits per heavy atom. The molecular formula is C23H17F5N4O2. The summed E-state index contributed by atoms with van der Waals surface area (Å²) >= 11 is 0. The third-order valence-corrected chi connectivity index (χ3v) is 6.19. The van der Waals surface area contributed by atoms with Gasteiger partial charge in [-0.1, -0.05) is 0 Å². The van der Waals surface area contributed by atoms with Crippen molar-refractivity contribution in [2.45, 2.75) is 19.0 Å². The van der Waals surface area contributed by atoms with Crippen molar-refractivity contribution in [3.8, 4) is 0 Å². The highest BCUT2D eigenvalue weighted by Crippen LogP contribution is 2.34. The van der Waals surface area contributed by atoms with Gasteiger partial charge in [0.1, 0.15) is 11.5 Å². The molecule has 0 saturated heterocycles. The van der Waals surface area contributed by atoms with Crippen LogP contribution in [0.1, 0.15) is 39.8 Å². The SMILES string of the molecule is CN(C(=O)c1cc2c(C(F)F)c(F)ccc2[nH]1)C1CNCc2[nH]c(=O)c3cc(F)c(F)cc3c21. The normalized spacial score (nSPS) is 15.8. The van der Waals surface area contributed by atoms with E-state index in [0.29, 0.717) is 11.3 Å². The van der Waals surface area contributed by atoms with Crippen LogP contribution in [0.4, 0.5) is 22.0 Å². The molecule has 4 aromatic rings. The number of carbonyl (C=O) groups excluding carboxylic acids is 1. The summed E-state index contributed by atoms with van der Waals surface area (Å²) in [5.41, 5.74) is -0.426. The highest BCUT2D eigenvalue weighted by atomic mass is 19.3. The Morgan fingerprint density at radius 3 is 2.41 bits per heavy atom. The van der Waals surface area contributed by atoms with Gasteiger partial charge in [-0.15, -0.1) is 0 Å². The molecule has 3 heterocycles. The Kier molecular flexibility index (Phi) is 5.16. The first-order chi connectivity index (χ1) is 16.2. The van der Waals surface area contributed by atoms with Crippen molar-refractivity contribution in [1.82, 2.24) is 20.2 Å². The molecule has 1 atom stereocenters. The van der Waals surface area contributed by atoms with Crippen molar-refractivity contribution in [2.24, 2.45) is 0 Å². The molecule has 3 N–H and O–H groups in total. The molecule has 0 fully saturated rings. The second-order valence-corrected chi connectivity index (χ2v) is 8.13. The summed E-state index contributed by atoms with van der Waals surface area (Å²) in [4.78, 5) is 32.4. The van der Waals surface area contributed by atoms with Crippen molar-refractivity contribution in [3.05, 3.63) is 80.7 Å². The van der Waals surface area contributed by atoms with Gasteiger partial charge in [0.25, 0.3) is 17.9 Å². The smallest absolute Gasteiger partial charge is 0.270 e. The molecule has 2 aromatic carbocycles. The van der Waals surface area contributed by atoms with Crippen molar-refractivity contribution in [3.63, 3.8) is 0 Å². The maximum Gasteiger partial charge on any atom is 0.270 e. The van der Waals surface area contributed by atoms with E-state index in [1.54, 1.807) is 0 Å². The van der Waals surface area contributed by atoms with Crippen molar-refractivity contribution in [1.29, 1.82) is 0 Å². The molecule has 0 radical (unpaired) electrons. The average molecular weight is 476 g/mol. The topological polar surface area (TPSA) is 81.0 Å². The van der Waals surface area contributed by atoms with Crippen LogP contribution in [0.15, 0.2) is 35.1 Å². The minimum absolute atomic E-state index is 0.0527. The van der Waals surface area contributed by atoms with Crippen LogP contribution in [-0.2, 0) is 6.54 Å². The Balaban J connectivity index is 1.61. The van der Waals surface area contributed by atoms with E-state index in [1.165, 1.54) is 18.0 Å². The molecule has 6 nitrogen and oxygen atoms in total. The molecule has 5 rings (SSSR count). The van der Waals surface area contributed by atoms with Crippen LogP contribution in [0.5, 0.6) is 0 Å². The zero-order valence-corrected chi connectivity index (χ0v) is 17.6. The van der Waals surface area contributed by atoms with Crippen LogP contribution in [-0.4, -0.2) is 34.4 Å². The van der Waals surface area contributed by atoms with E-state index in [4.69, 9.17) is 0 Å². The first-order valence-corrected chi connectivity index (χ1v) is 10.3. The quantitative estimate of drug-likeness (QED) is 0.386. The monoisotopic (exact) mass is 476 g/mol. The molecular weight excluding hydrogens is 459 g/mol. The Bertz CT molecular complexity index is 1530. The summed E-state index contributed by atoms with van der Waals surface area (Å²) in [6.45, 7) is 0.466. The van der Waals surface area contributed by atoms with E-state index in [0.717, 1.165) is 24.3 Å². The number of halogens is 5. The summed E-state index contributed by atoms with van der Waals surface area (Å²) in [7, 11) is 1.46. The lowest BCUT2D eigenvalue weighted by Crippen LogP contribution is -2.42. The van der Waals surface area contributed by atoms with E-state index in [1.807, 2.05) is 0 Å². The zero-order chi connectivity index (χ0) is 24.3. The van der Waals surface area contributed by atoms with Gasteiger partial charge in [-0.25, -0.2) is 22.0 Å². The molecule has 1 aliphatic rings. The number of nitrogens with one attached hydrogen (secondary N) is 3. The highest BCUT2D eigenvalue weighted by molar-refractivity contribution is 5.99. The molecule has 34 heavy (non-hydrogen) atoms. The number of carbonyl (C=O) groups is 1. The van der Waals surface area contributed by atoms with Gasteiger partial charge >= 0.3 is 0 Å². The number of amides is 1. The Morgan fingerprint density at radius 1 is 1.00 bits per heavy atom. The number of fused-ring (bicyclic) bond motifs is 4. The fourth-order valence-electron chi connectivity index (χ4n) is 4.55. The highest BCUT2D eigenvalue weighted by Gasteiger charge is 2.31. The van der Waals surface area contributed by atoms with Crippen molar-refractivity contribution < 1.29 is 26.7 Å². The lowest BCUT2D eigenvalue weighted by Gasteiger charge is -2.34. The summed E-state index contributed by atoms with van der Waals surface area (Å²) in [6.07, 6.45) is -3.08. The molecule has 1 unspecified atom stereocenters. The van der Waals surface area contributed by atoms with Gasteiger partial charge < -0.3 is 20.2 Å². The molecule has 2 aromatic heterocycles. The summed E-state index contributed by atoms with van der Waals surface area (Å²) < 4.78 is 68.6. The molecule has 0 bridgehead atoms. The van der Waals surface area contributed by atoms with Gasteiger partial charge in [0, 0.05) is 42.3 Å². The number of nitrogens with zero attached hydrogens (tertiary/aromatic N) is 1. The first kappa shape index (κ1) is 22.1. The number of pyridine rings is 1. The molecule has 0 spiro atoms. The third-order valence-electron chi connectivity index (χ3n) is 6.19. The van der Waals surface area contributed by atoms with Gasteiger partial charge in [-0.05, 0) is 35.7 Å².